The molecule has 3 rings (SSSR count). The molecule has 6 nitrogen and oxygen atoms in total. The molecule has 0 aliphatic rings. The van der Waals surface area contributed by atoms with E-state index in [1.165, 1.54) is 0 Å². The van der Waals surface area contributed by atoms with Gasteiger partial charge in [-0.3, -0.25) is 9.67 Å². The summed E-state index contributed by atoms with van der Waals surface area (Å²) in [7, 11) is 3.71. The molecule has 0 spiro atoms. The Hall–Kier alpha value is -2.76. The molecule has 0 saturated heterocycles. The number of hydrogen-bond acceptors (Lipinski definition) is 5. The molecule has 6 heteroatoms. The van der Waals surface area contributed by atoms with Crippen molar-refractivity contribution in [2.24, 2.45) is 7.05 Å². The van der Waals surface area contributed by atoms with E-state index in [-0.39, 0.29) is 0 Å². The lowest BCUT2D eigenvalue weighted by Gasteiger charge is -2.06. The lowest BCUT2D eigenvalue weighted by Crippen LogP contribution is -1.99. The summed E-state index contributed by atoms with van der Waals surface area (Å²) in [5.41, 5.74) is 2.51. The fourth-order valence-corrected chi connectivity index (χ4v) is 1.89. The molecule has 0 aromatic carbocycles. The molecule has 20 heavy (non-hydrogen) atoms. The van der Waals surface area contributed by atoms with Gasteiger partial charge >= 0.3 is 0 Å². The first-order chi connectivity index (χ1) is 9.76. The third-order valence-electron chi connectivity index (χ3n) is 2.88. The molecule has 0 aliphatic carbocycles. The van der Waals surface area contributed by atoms with Gasteiger partial charge in [-0.15, -0.1) is 0 Å². The van der Waals surface area contributed by atoms with E-state index in [2.05, 4.69) is 25.4 Å². The second-order valence-corrected chi connectivity index (χ2v) is 4.33. The Labute approximate surface area is 116 Å². The van der Waals surface area contributed by atoms with E-state index in [1.807, 2.05) is 44.6 Å². The largest absolute Gasteiger partial charge is 0.373 e. The predicted molar refractivity (Wildman–Crippen MR) is 77.0 cm³/mol. The van der Waals surface area contributed by atoms with Crippen molar-refractivity contribution in [2.75, 3.05) is 12.4 Å². The summed E-state index contributed by atoms with van der Waals surface area (Å²) in [6.45, 7) is 0. The van der Waals surface area contributed by atoms with Gasteiger partial charge in [0.15, 0.2) is 5.82 Å². The maximum atomic E-state index is 4.57. The maximum Gasteiger partial charge on any atom is 0.180 e. The van der Waals surface area contributed by atoms with Crippen LogP contribution in [0.3, 0.4) is 0 Å². The van der Waals surface area contributed by atoms with E-state index in [9.17, 15) is 0 Å². The highest BCUT2D eigenvalue weighted by Gasteiger charge is 2.09. The zero-order valence-corrected chi connectivity index (χ0v) is 11.3. The zero-order valence-electron chi connectivity index (χ0n) is 11.3. The normalized spacial score (nSPS) is 10.5. The zero-order chi connectivity index (χ0) is 13.9. The average molecular weight is 266 g/mol. The molecule has 0 radical (unpaired) electrons. The van der Waals surface area contributed by atoms with Crippen LogP contribution >= 0.6 is 0 Å². The molecule has 100 valence electrons. The van der Waals surface area contributed by atoms with Gasteiger partial charge in [-0.2, -0.15) is 5.10 Å². The monoisotopic (exact) mass is 266 g/mol. The van der Waals surface area contributed by atoms with Crippen LogP contribution in [0.4, 0.5) is 5.82 Å². The van der Waals surface area contributed by atoms with Crippen LogP contribution < -0.4 is 5.32 Å². The number of anilines is 1. The van der Waals surface area contributed by atoms with Crippen molar-refractivity contribution in [3.05, 3.63) is 42.9 Å². The summed E-state index contributed by atoms with van der Waals surface area (Å²) < 4.78 is 1.75. The minimum Gasteiger partial charge on any atom is -0.373 e. The van der Waals surface area contributed by atoms with E-state index < -0.39 is 0 Å². The third kappa shape index (κ3) is 2.35. The van der Waals surface area contributed by atoms with Gasteiger partial charge in [0.25, 0.3) is 0 Å². The number of nitrogens with one attached hydrogen (secondary N) is 1. The SMILES string of the molecule is CNc1cc(-c2cnn(C)c2)nc(-c2ccccn2)n1. The molecular formula is C14H14N6. The topological polar surface area (TPSA) is 68.5 Å². The van der Waals surface area contributed by atoms with E-state index >= 15 is 0 Å². The second kappa shape index (κ2) is 5.08. The molecule has 1 N–H and O–H groups in total. The molecule has 0 aliphatic heterocycles. The summed E-state index contributed by atoms with van der Waals surface area (Å²) in [4.78, 5) is 13.3. The van der Waals surface area contributed by atoms with Gasteiger partial charge in [-0.05, 0) is 12.1 Å². The summed E-state index contributed by atoms with van der Waals surface area (Å²) in [6, 6.07) is 7.57. The molecule has 0 fully saturated rings. The van der Waals surface area contributed by atoms with Crippen LogP contribution in [-0.4, -0.2) is 31.8 Å². The Morgan fingerprint density at radius 3 is 2.70 bits per heavy atom. The van der Waals surface area contributed by atoms with Crippen molar-refractivity contribution in [1.29, 1.82) is 0 Å². The van der Waals surface area contributed by atoms with E-state index in [1.54, 1.807) is 17.1 Å². The van der Waals surface area contributed by atoms with Crippen LogP contribution in [0.5, 0.6) is 0 Å². The Morgan fingerprint density at radius 2 is 2.05 bits per heavy atom. The molecule has 0 bridgehead atoms. The van der Waals surface area contributed by atoms with E-state index in [0.29, 0.717) is 5.82 Å². The first-order valence-electron chi connectivity index (χ1n) is 6.23. The van der Waals surface area contributed by atoms with Gasteiger partial charge in [0.1, 0.15) is 11.5 Å². The minimum absolute atomic E-state index is 0.594. The third-order valence-corrected chi connectivity index (χ3v) is 2.88. The highest BCUT2D eigenvalue weighted by atomic mass is 15.2. The van der Waals surface area contributed by atoms with Gasteiger partial charge < -0.3 is 5.32 Å². The molecule has 3 aromatic rings. The predicted octanol–water partition coefficient (Wildman–Crippen LogP) is 1.98. The van der Waals surface area contributed by atoms with Crippen molar-refractivity contribution in [2.45, 2.75) is 0 Å². The van der Waals surface area contributed by atoms with Crippen molar-refractivity contribution in [1.82, 2.24) is 24.7 Å². The van der Waals surface area contributed by atoms with Crippen LogP contribution in [-0.2, 0) is 7.05 Å². The first-order valence-corrected chi connectivity index (χ1v) is 6.23. The van der Waals surface area contributed by atoms with Gasteiger partial charge in [0.05, 0.1) is 11.9 Å². The maximum absolute atomic E-state index is 4.57. The van der Waals surface area contributed by atoms with Crippen molar-refractivity contribution in [3.8, 4) is 22.8 Å². The lowest BCUT2D eigenvalue weighted by atomic mass is 10.2. The molecule has 3 heterocycles. The Kier molecular flexibility index (Phi) is 3.12. The number of aryl methyl sites for hydroxylation is 1. The van der Waals surface area contributed by atoms with Gasteiger partial charge in [-0.25, -0.2) is 9.97 Å². The highest BCUT2D eigenvalue weighted by Crippen LogP contribution is 2.22. The van der Waals surface area contributed by atoms with Crippen LogP contribution in [0.25, 0.3) is 22.8 Å². The van der Waals surface area contributed by atoms with Crippen molar-refractivity contribution in [3.63, 3.8) is 0 Å². The van der Waals surface area contributed by atoms with Crippen molar-refractivity contribution < 1.29 is 0 Å². The van der Waals surface area contributed by atoms with Crippen LogP contribution in [0.15, 0.2) is 42.9 Å². The molecule has 0 amide bonds. The van der Waals surface area contributed by atoms with Crippen LogP contribution in [0, 0.1) is 0 Å². The van der Waals surface area contributed by atoms with Gasteiger partial charge in [0, 0.05) is 38.1 Å². The Bertz CT molecular complexity index is 720. The van der Waals surface area contributed by atoms with Crippen molar-refractivity contribution >= 4 is 5.82 Å². The number of aromatic nitrogens is 5. The smallest absolute Gasteiger partial charge is 0.180 e. The van der Waals surface area contributed by atoms with Gasteiger partial charge in [0.2, 0.25) is 0 Å². The molecular weight excluding hydrogens is 252 g/mol. The lowest BCUT2D eigenvalue weighted by molar-refractivity contribution is 0.768. The van der Waals surface area contributed by atoms with E-state index in [0.717, 1.165) is 22.8 Å². The molecule has 3 aromatic heterocycles. The summed E-state index contributed by atoms with van der Waals surface area (Å²) >= 11 is 0. The van der Waals surface area contributed by atoms with Crippen LogP contribution in [0.2, 0.25) is 0 Å². The number of pyridine rings is 1. The second-order valence-electron chi connectivity index (χ2n) is 4.33. The number of nitrogens with zero attached hydrogens (tertiary/aromatic N) is 5. The van der Waals surface area contributed by atoms with Crippen LogP contribution in [0.1, 0.15) is 0 Å². The quantitative estimate of drug-likeness (QED) is 0.785. The summed E-state index contributed by atoms with van der Waals surface area (Å²) in [6.07, 6.45) is 5.43. The molecule has 0 unspecified atom stereocenters. The van der Waals surface area contributed by atoms with Gasteiger partial charge in [-0.1, -0.05) is 6.07 Å². The standard InChI is InChI=1S/C14H14N6/c1-15-13-7-12(10-8-17-20(2)9-10)18-14(19-13)11-5-3-4-6-16-11/h3-9H,1-2H3,(H,15,18,19). The van der Waals surface area contributed by atoms with E-state index in [4.69, 9.17) is 0 Å². The number of hydrogen-bond donors (Lipinski definition) is 1. The Balaban J connectivity index is 2.12. The fourth-order valence-electron chi connectivity index (χ4n) is 1.89. The first kappa shape index (κ1) is 12.3. The fraction of sp³-hybridized carbons (Fsp3) is 0.143. The number of rotatable bonds is 3. The average Bonchev–Trinajstić information content (AvgIpc) is 2.94. The molecule has 0 saturated carbocycles. The molecule has 0 atom stereocenters. The highest BCUT2D eigenvalue weighted by molar-refractivity contribution is 5.65. The minimum atomic E-state index is 0.594. The summed E-state index contributed by atoms with van der Waals surface area (Å²) in [5, 5.41) is 7.22. The Morgan fingerprint density at radius 1 is 1.15 bits per heavy atom. The summed E-state index contributed by atoms with van der Waals surface area (Å²) in [5.74, 6) is 1.34.